The molecule has 2 N–H and O–H groups in total. The van der Waals surface area contributed by atoms with Crippen LogP contribution in [0.4, 0.5) is 11.4 Å². The number of amides is 1. The maximum Gasteiger partial charge on any atom is 0.261 e. The van der Waals surface area contributed by atoms with Gasteiger partial charge in [-0.2, -0.15) is 5.26 Å². The van der Waals surface area contributed by atoms with Crippen LogP contribution in [0.25, 0.3) is 0 Å². The van der Waals surface area contributed by atoms with Gasteiger partial charge in [0.2, 0.25) is 5.91 Å². The maximum absolute atomic E-state index is 12.6. The van der Waals surface area contributed by atoms with Crippen molar-refractivity contribution in [1.82, 2.24) is 0 Å². The molecule has 0 spiro atoms. The minimum atomic E-state index is -3.75. The average Bonchev–Trinajstić information content (AvgIpc) is 2.56. The molecule has 0 fully saturated rings. The number of hydrogen-bond acceptors (Lipinski definition) is 5. The van der Waals surface area contributed by atoms with Crippen LogP contribution in [0.3, 0.4) is 0 Å². The van der Waals surface area contributed by atoms with Crippen LogP contribution in [-0.4, -0.2) is 14.3 Å². The van der Waals surface area contributed by atoms with Gasteiger partial charge in [0, 0.05) is 17.5 Å². The summed E-state index contributed by atoms with van der Waals surface area (Å²) < 4.78 is 27.7. The molecular weight excluding hydrogens is 358 g/mol. The number of aryl methyl sites for hydroxylation is 1. The molecule has 130 valence electrons. The molecule has 0 saturated carbocycles. The summed E-state index contributed by atoms with van der Waals surface area (Å²) in [5.41, 5.74) is 1.81. The van der Waals surface area contributed by atoms with E-state index in [2.05, 4.69) is 10.0 Å². The Balaban J connectivity index is 2.26. The van der Waals surface area contributed by atoms with E-state index in [1.54, 1.807) is 18.2 Å². The molecule has 0 aliphatic carbocycles. The van der Waals surface area contributed by atoms with Crippen LogP contribution in [0.1, 0.15) is 19.4 Å². The predicted octanol–water partition coefficient (Wildman–Crippen LogP) is 3.58. The molecule has 0 saturated heterocycles. The largest absolute Gasteiger partial charge is 0.326 e. The molecule has 0 aromatic heterocycles. The van der Waals surface area contributed by atoms with Crippen LogP contribution in [0.15, 0.2) is 52.3 Å². The number of thiocyanates is 1. The fourth-order valence-electron chi connectivity index (χ4n) is 2.20. The zero-order valence-corrected chi connectivity index (χ0v) is 15.4. The molecule has 25 heavy (non-hydrogen) atoms. The predicted molar refractivity (Wildman–Crippen MR) is 98.8 cm³/mol. The zero-order valence-electron chi connectivity index (χ0n) is 13.7. The first kappa shape index (κ1) is 18.8. The lowest BCUT2D eigenvalue weighted by atomic mass is 10.1. The lowest BCUT2D eigenvalue weighted by Gasteiger charge is -2.13. The molecule has 0 unspecified atom stereocenters. The number of anilines is 2. The van der Waals surface area contributed by atoms with Crippen molar-refractivity contribution in [3.63, 3.8) is 0 Å². The Morgan fingerprint density at radius 3 is 2.44 bits per heavy atom. The first-order valence-electron chi connectivity index (χ1n) is 7.45. The molecule has 0 aliphatic rings. The highest BCUT2D eigenvalue weighted by Crippen LogP contribution is 2.26. The molecule has 0 bridgehead atoms. The van der Waals surface area contributed by atoms with E-state index in [9.17, 15) is 13.2 Å². The standard InChI is InChI=1S/C17H17N3O3S2/c1-3-13-10-15(24-11-18)6-9-17(13)20-25(22,23)16-7-4-14(5-8-16)19-12(2)21/h4-10,20H,3H2,1-2H3,(H,19,21). The maximum atomic E-state index is 12.6. The van der Waals surface area contributed by atoms with Gasteiger partial charge in [-0.15, -0.1) is 0 Å². The topological polar surface area (TPSA) is 99.1 Å². The molecule has 0 heterocycles. The average molecular weight is 375 g/mol. The molecular formula is C17H17N3O3S2. The Bertz CT molecular complexity index is 917. The van der Waals surface area contributed by atoms with Crippen molar-refractivity contribution < 1.29 is 13.2 Å². The van der Waals surface area contributed by atoms with Crippen LogP contribution < -0.4 is 10.0 Å². The third-order valence-electron chi connectivity index (χ3n) is 3.35. The van der Waals surface area contributed by atoms with E-state index in [1.165, 1.54) is 31.2 Å². The SMILES string of the molecule is CCc1cc(SC#N)ccc1NS(=O)(=O)c1ccc(NC(C)=O)cc1. The summed E-state index contributed by atoms with van der Waals surface area (Å²) in [6.07, 6.45) is 0.624. The molecule has 1 amide bonds. The van der Waals surface area contributed by atoms with Crippen LogP contribution in [0.5, 0.6) is 0 Å². The van der Waals surface area contributed by atoms with Crippen LogP contribution >= 0.6 is 11.8 Å². The van der Waals surface area contributed by atoms with E-state index in [1.807, 2.05) is 12.3 Å². The molecule has 2 rings (SSSR count). The minimum Gasteiger partial charge on any atom is -0.326 e. The molecule has 6 nitrogen and oxygen atoms in total. The Morgan fingerprint density at radius 1 is 1.20 bits per heavy atom. The highest BCUT2D eigenvalue weighted by atomic mass is 32.2. The summed E-state index contributed by atoms with van der Waals surface area (Å²) in [4.78, 5) is 11.9. The van der Waals surface area contributed by atoms with E-state index in [-0.39, 0.29) is 10.8 Å². The monoisotopic (exact) mass is 375 g/mol. The lowest BCUT2D eigenvalue weighted by Crippen LogP contribution is -2.14. The highest BCUT2D eigenvalue weighted by molar-refractivity contribution is 8.03. The van der Waals surface area contributed by atoms with E-state index >= 15 is 0 Å². The highest BCUT2D eigenvalue weighted by Gasteiger charge is 2.16. The minimum absolute atomic E-state index is 0.0964. The van der Waals surface area contributed by atoms with Crippen molar-refractivity contribution >= 4 is 39.1 Å². The Kier molecular flexibility index (Phi) is 6.07. The van der Waals surface area contributed by atoms with Gasteiger partial charge in [0.05, 0.1) is 10.6 Å². The number of carbonyl (C=O) groups is 1. The van der Waals surface area contributed by atoms with Crippen molar-refractivity contribution in [3.8, 4) is 5.40 Å². The second kappa shape index (κ2) is 8.05. The number of sulfonamides is 1. The third-order valence-corrected chi connectivity index (χ3v) is 5.31. The lowest BCUT2D eigenvalue weighted by molar-refractivity contribution is -0.114. The van der Waals surface area contributed by atoms with Gasteiger partial charge >= 0.3 is 0 Å². The van der Waals surface area contributed by atoms with E-state index in [4.69, 9.17) is 5.26 Å². The second-order valence-electron chi connectivity index (χ2n) is 5.18. The van der Waals surface area contributed by atoms with Crippen LogP contribution in [-0.2, 0) is 21.2 Å². The van der Waals surface area contributed by atoms with Crippen molar-refractivity contribution in [2.45, 2.75) is 30.1 Å². The number of rotatable bonds is 6. The zero-order chi connectivity index (χ0) is 18.4. The van der Waals surface area contributed by atoms with Crippen LogP contribution in [0, 0.1) is 10.7 Å². The summed E-state index contributed by atoms with van der Waals surface area (Å²) in [5, 5.41) is 13.3. The fraction of sp³-hybridized carbons (Fsp3) is 0.176. The molecule has 0 radical (unpaired) electrons. The number of nitrogens with zero attached hydrogens (tertiary/aromatic N) is 1. The van der Waals surface area contributed by atoms with Gasteiger partial charge in [-0.05, 0) is 66.2 Å². The van der Waals surface area contributed by atoms with E-state index < -0.39 is 10.0 Å². The van der Waals surface area contributed by atoms with Gasteiger partial charge in [-0.3, -0.25) is 9.52 Å². The number of thioether (sulfide) groups is 1. The molecule has 8 heteroatoms. The number of benzene rings is 2. The van der Waals surface area contributed by atoms with Gasteiger partial charge in [0.25, 0.3) is 10.0 Å². The molecule has 2 aromatic rings. The summed E-state index contributed by atoms with van der Waals surface area (Å²) in [6, 6.07) is 11.1. The normalized spacial score (nSPS) is 10.8. The van der Waals surface area contributed by atoms with E-state index in [0.717, 1.165) is 22.2 Å². The van der Waals surface area contributed by atoms with Gasteiger partial charge in [-0.25, -0.2) is 8.42 Å². The van der Waals surface area contributed by atoms with Gasteiger partial charge < -0.3 is 5.32 Å². The first-order chi connectivity index (χ1) is 11.9. The second-order valence-corrected chi connectivity index (χ2v) is 7.72. The van der Waals surface area contributed by atoms with Crippen molar-refractivity contribution in [2.75, 3.05) is 10.0 Å². The van der Waals surface area contributed by atoms with Crippen molar-refractivity contribution in [2.24, 2.45) is 0 Å². The van der Waals surface area contributed by atoms with Gasteiger partial charge in [0.1, 0.15) is 5.40 Å². The quantitative estimate of drug-likeness (QED) is 0.594. The number of carbonyl (C=O) groups excluding carboxylic acids is 1. The summed E-state index contributed by atoms with van der Waals surface area (Å²) >= 11 is 1.03. The number of hydrogen-bond donors (Lipinski definition) is 2. The first-order valence-corrected chi connectivity index (χ1v) is 9.75. The number of nitrogens with one attached hydrogen (secondary N) is 2. The summed E-state index contributed by atoms with van der Waals surface area (Å²) in [7, 11) is -3.75. The Morgan fingerprint density at radius 2 is 1.88 bits per heavy atom. The number of nitriles is 1. The smallest absolute Gasteiger partial charge is 0.261 e. The van der Waals surface area contributed by atoms with Crippen LogP contribution in [0.2, 0.25) is 0 Å². The third kappa shape index (κ3) is 4.98. The van der Waals surface area contributed by atoms with E-state index in [0.29, 0.717) is 17.8 Å². The molecule has 2 aromatic carbocycles. The van der Waals surface area contributed by atoms with Crippen molar-refractivity contribution in [1.29, 1.82) is 5.26 Å². The molecule has 0 atom stereocenters. The summed E-state index contributed by atoms with van der Waals surface area (Å²) in [5.74, 6) is -0.225. The Labute approximate surface area is 151 Å². The van der Waals surface area contributed by atoms with Gasteiger partial charge in [-0.1, -0.05) is 6.92 Å². The van der Waals surface area contributed by atoms with Crippen molar-refractivity contribution in [3.05, 3.63) is 48.0 Å². The van der Waals surface area contributed by atoms with Gasteiger partial charge in [0.15, 0.2) is 0 Å². The summed E-state index contributed by atoms with van der Waals surface area (Å²) in [6.45, 7) is 3.29. The molecule has 0 aliphatic heterocycles. The Hall–Kier alpha value is -2.50. The fourth-order valence-corrected chi connectivity index (χ4v) is 3.75.